The molecule has 0 aromatic heterocycles. The molecule has 0 radical (unpaired) electrons. The predicted molar refractivity (Wildman–Crippen MR) is 63.9 cm³/mol. The van der Waals surface area contributed by atoms with Gasteiger partial charge < -0.3 is 15.4 Å². The predicted octanol–water partition coefficient (Wildman–Crippen LogP) is 1.47. The molecule has 1 rings (SSSR count). The second-order valence-corrected chi connectivity index (χ2v) is 4.94. The number of nitrogens with two attached hydrogens (primary N) is 1. The van der Waals surface area contributed by atoms with Crippen molar-refractivity contribution in [3.8, 4) is 0 Å². The maximum Gasteiger partial charge on any atom is 0.0469 e. The Bertz CT molecular complexity index is 156. The van der Waals surface area contributed by atoms with E-state index in [1.165, 1.54) is 32.4 Å². The SMILES string of the molecule is CC(N)CCCN(C)CC1CCOCC1. The zero-order valence-electron chi connectivity index (χ0n) is 10.2. The zero-order valence-corrected chi connectivity index (χ0v) is 10.2. The van der Waals surface area contributed by atoms with Gasteiger partial charge in [0.1, 0.15) is 0 Å². The summed E-state index contributed by atoms with van der Waals surface area (Å²) in [5, 5.41) is 0. The van der Waals surface area contributed by atoms with E-state index in [2.05, 4.69) is 18.9 Å². The molecule has 1 fully saturated rings. The molecule has 2 N–H and O–H groups in total. The molecule has 0 bridgehead atoms. The number of hydrogen-bond acceptors (Lipinski definition) is 3. The van der Waals surface area contributed by atoms with Crippen LogP contribution in [0.2, 0.25) is 0 Å². The van der Waals surface area contributed by atoms with Crippen LogP contribution >= 0.6 is 0 Å². The van der Waals surface area contributed by atoms with Gasteiger partial charge in [-0.25, -0.2) is 0 Å². The standard InChI is InChI=1S/C12H26N2O/c1-11(13)4-3-7-14(2)10-12-5-8-15-9-6-12/h11-12H,3-10,13H2,1-2H3. The van der Waals surface area contributed by atoms with E-state index in [0.717, 1.165) is 25.6 Å². The summed E-state index contributed by atoms with van der Waals surface area (Å²) in [4.78, 5) is 2.44. The van der Waals surface area contributed by atoms with Gasteiger partial charge in [0.2, 0.25) is 0 Å². The van der Waals surface area contributed by atoms with Crippen LogP contribution in [0.5, 0.6) is 0 Å². The van der Waals surface area contributed by atoms with Crippen LogP contribution in [0.25, 0.3) is 0 Å². The Morgan fingerprint density at radius 3 is 2.67 bits per heavy atom. The highest BCUT2D eigenvalue weighted by Gasteiger charge is 2.15. The number of nitrogens with zero attached hydrogens (tertiary/aromatic N) is 1. The van der Waals surface area contributed by atoms with Crippen molar-refractivity contribution in [2.45, 2.75) is 38.6 Å². The van der Waals surface area contributed by atoms with Crippen molar-refractivity contribution >= 4 is 0 Å². The van der Waals surface area contributed by atoms with Gasteiger partial charge in [-0.2, -0.15) is 0 Å². The van der Waals surface area contributed by atoms with Gasteiger partial charge in [0, 0.05) is 25.8 Å². The van der Waals surface area contributed by atoms with Crippen LogP contribution in [0, 0.1) is 5.92 Å². The van der Waals surface area contributed by atoms with Gasteiger partial charge in [-0.3, -0.25) is 0 Å². The van der Waals surface area contributed by atoms with Crippen molar-refractivity contribution in [1.29, 1.82) is 0 Å². The molecule has 15 heavy (non-hydrogen) atoms. The van der Waals surface area contributed by atoms with Crippen molar-refractivity contribution < 1.29 is 4.74 Å². The van der Waals surface area contributed by atoms with Crippen LogP contribution in [0.15, 0.2) is 0 Å². The zero-order chi connectivity index (χ0) is 11.1. The number of rotatable bonds is 6. The van der Waals surface area contributed by atoms with E-state index in [0.29, 0.717) is 6.04 Å². The quantitative estimate of drug-likeness (QED) is 0.728. The van der Waals surface area contributed by atoms with Crippen molar-refractivity contribution in [3.63, 3.8) is 0 Å². The van der Waals surface area contributed by atoms with Crippen LogP contribution in [-0.2, 0) is 4.74 Å². The normalized spacial score (nSPS) is 20.8. The average molecular weight is 214 g/mol. The van der Waals surface area contributed by atoms with E-state index < -0.39 is 0 Å². The summed E-state index contributed by atoms with van der Waals surface area (Å²) >= 11 is 0. The van der Waals surface area contributed by atoms with E-state index in [1.54, 1.807) is 0 Å². The second kappa shape index (κ2) is 7.20. The van der Waals surface area contributed by atoms with Gasteiger partial charge in [-0.1, -0.05) is 0 Å². The molecule has 3 nitrogen and oxygen atoms in total. The molecule has 1 heterocycles. The lowest BCUT2D eigenvalue weighted by Gasteiger charge is -2.27. The summed E-state index contributed by atoms with van der Waals surface area (Å²) in [6.45, 7) is 6.40. The minimum Gasteiger partial charge on any atom is -0.381 e. The van der Waals surface area contributed by atoms with Gasteiger partial charge in [0.05, 0.1) is 0 Å². The minimum absolute atomic E-state index is 0.349. The minimum atomic E-state index is 0.349. The Labute approximate surface area is 94.0 Å². The van der Waals surface area contributed by atoms with Crippen molar-refractivity contribution in [3.05, 3.63) is 0 Å². The molecule has 1 unspecified atom stereocenters. The molecule has 0 aromatic carbocycles. The summed E-state index contributed by atoms with van der Waals surface area (Å²) in [7, 11) is 2.22. The fourth-order valence-corrected chi connectivity index (χ4v) is 2.14. The molecule has 3 heteroatoms. The van der Waals surface area contributed by atoms with Crippen LogP contribution < -0.4 is 5.73 Å². The van der Waals surface area contributed by atoms with Gasteiger partial charge in [0.15, 0.2) is 0 Å². The first-order valence-corrected chi connectivity index (χ1v) is 6.20. The molecule has 0 spiro atoms. The topological polar surface area (TPSA) is 38.5 Å². The summed E-state index contributed by atoms with van der Waals surface area (Å²) in [5.74, 6) is 0.846. The molecule has 0 aliphatic carbocycles. The fourth-order valence-electron chi connectivity index (χ4n) is 2.14. The van der Waals surface area contributed by atoms with Crippen molar-refractivity contribution in [1.82, 2.24) is 4.90 Å². The first-order chi connectivity index (χ1) is 7.18. The molecule has 1 atom stereocenters. The van der Waals surface area contributed by atoms with Gasteiger partial charge in [-0.05, 0) is 52.1 Å². The smallest absolute Gasteiger partial charge is 0.0469 e. The van der Waals surface area contributed by atoms with Crippen LogP contribution in [-0.4, -0.2) is 44.3 Å². The summed E-state index contributed by atoms with van der Waals surface area (Å²) in [6.07, 6.45) is 4.82. The molecule has 0 saturated carbocycles. The molecular weight excluding hydrogens is 188 g/mol. The molecule has 1 aliphatic heterocycles. The summed E-state index contributed by atoms with van der Waals surface area (Å²) < 4.78 is 5.36. The van der Waals surface area contributed by atoms with E-state index in [-0.39, 0.29) is 0 Å². The maximum atomic E-state index is 5.73. The third-order valence-electron chi connectivity index (χ3n) is 3.11. The molecule has 90 valence electrons. The van der Waals surface area contributed by atoms with E-state index in [1.807, 2.05) is 0 Å². The van der Waals surface area contributed by atoms with Crippen molar-refractivity contribution in [2.24, 2.45) is 11.7 Å². The molecule has 1 saturated heterocycles. The first-order valence-electron chi connectivity index (χ1n) is 6.20. The Balaban J connectivity index is 2.03. The summed E-state index contributed by atoms with van der Waals surface area (Å²) in [5.41, 5.74) is 5.73. The van der Waals surface area contributed by atoms with Gasteiger partial charge >= 0.3 is 0 Å². The highest BCUT2D eigenvalue weighted by molar-refractivity contribution is 4.67. The number of hydrogen-bond donors (Lipinski definition) is 1. The summed E-state index contributed by atoms with van der Waals surface area (Å²) in [6, 6.07) is 0.349. The Hall–Kier alpha value is -0.120. The molecule has 0 amide bonds. The van der Waals surface area contributed by atoms with E-state index >= 15 is 0 Å². The third-order valence-corrected chi connectivity index (χ3v) is 3.11. The first kappa shape index (κ1) is 12.9. The van der Waals surface area contributed by atoms with E-state index in [9.17, 15) is 0 Å². The molecule has 0 aromatic rings. The van der Waals surface area contributed by atoms with Crippen LogP contribution in [0.4, 0.5) is 0 Å². The van der Waals surface area contributed by atoms with E-state index in [4.69, 9.17) is 10.5 Å². The Morgan fingerprint density at radius 2 is 2.07 bits per heavy atom. The monoisotopic (exact) mass is 214 g/mol. The highest BCUT2D eigenvalue weighted by Crippen LogP contribution is 2.15. The molecular formula is C12H26N2O. The van der Waals surface area contributed by atoms with Crippen LogP contribution in [0.3, 0.4) is 0 Å². The maximum absolute atomic E-state index is 5.73. The lowest BCUT2D eigenvalue weighted by Crippen LogP contribution is -2.30. The number of ether oxygens (including phenoxy) is 1. The Morgan fingerprint density at radius 1 is 1.40 bits per heavy atom. The second-order valence-electron chi connectivity index (χ2n) is 4.94. The van der Waals surface area contributed by atoms with Gasteiger partial charge in [-0.15, -0.1) is 0 Å². The average Bonchev–Trinajstić information content (AvgIpc) is 2.18. The van der Waals surface area contributed by atoms with Crippen LogP contribution in [0.1, 0.15) is 32.6 Å². The lowest BCUT2D eigenvalue weighted by atomic mass is 10.00. The fraction of sp³-hybridized carbons (Fsp3) is 1.00. The molecule has 1 aliphatic rings. The Kier molecular flexibility index (Phi) is 6.22. The lowest BCUT2D eigenvalue weighted by molar-refractivity contribution is 0.0555. The van der Waals surface area contributed by atoms with Gasteiger partial charge in [0.25, 0.3) is 0 Å². The highest BCUT2D eigenvalue weighted by atomic mass is 16.5. The third kappa shape index (κ3) is 6.13. The van der Waals surface area contributed by atoms with Crippen molar-refractivity contribution in [2.75, 3.05) is 33.4 Å². The largest absolute Gasteiger partial charge is 0.381 e.